The van der Waals surface area contributed by atoms with Crippen LogP contribution in [0.15, 0.2) is 42.7 Å². The van der Waals surface area contributed by atoms with Crippen LogP contribution < -0.4 is 15.8 Å². The highest BCUT2D eigenvalue weighted by Gasteiger charge is 2.33. The fraction of sp³-hybridized carbons (Fsp3) is 0.200. The Kier molecular flexibility index (Phi) is 4.35. The van der Waals surface area contributed by atoms with Crippen LogP contribution in [0.1, 0.15) is 29.2 Å². The van der Waals surface area contributed by atoms with Crippen molar-refractivity contribution >= 4 is 23.3 Å². The maximum atomic E-state index is 12.6. The molecule has 1 aromatic carbocycles. The molecule has 11 nitrogen and oxygen atoms in total. The molecule has 2 amide bonds. The van der Waals surface area contributed by atoms with Gasteiger partial charge in [0.15, 0.2) is 18.1 Å². The summed E-state index contributed by atoms with van der Waals surface area (Å²) in [5.41, 5.74) is 8.32. The maximum Gasteiger partial charge on any atom is 0.255 e. The van der Waals surface area contributed by atoms with Crippen LogP contribution in [0.5, 0.6) is 5.75 Å². The number of benzene rings is 1. The normalized spacial score (nSPS) is 15.5. The van der Waals surface area contributed by atoms with Gasteiger partial charge in [0.2, 0.25) is 5.91 Å². The summed E-state index contributed by atoms with van der Waals surface area (Å²) in [5.74, 6) is 0.687. The summed E-state index contributed by atoms with van der Waals surface area (Å²) in [5, 5.41) is 19.8. The number of rotatable bonds is 5. The van der Waals surface area contributed by atoms with Crippen LogP contribution >= 0.6 is 0 Å². The molecule has 3 N–H and O–H groups in total. The van der Waals surface area contributed by atoms with Crippen LogP contribution in [0.25, 0.3) is 11.5 Å². The zero-order valence-corrected chi connectivity index (χ0v) is 16.5. The molecule has 5 rings (SSSR count). The summed E-state index contributed by atoms with van der Waals surface area (Å²) >= 11 is 0. The number of carbonyl (C=O) groups is 2. The Morgan fingerprint density at radius 1 is 1.29 bits per heavy atom. The zero-order valence-electron chi connectivity index (χ0n) is 16.5. The predicted molar refractivity (Wildman–Crippen MR) is 109 cm³/mol. The summed E-state index contributed by atoms with van der Waals surface area (Å²) in [7, 11) is 0. The van der Waals surface area contributed by atoms with E-state index < -0.39 is 5.91 Å². The average molecular weight is 418 g/mol. The van der Waals surface area contributed by atoms with Crippen LogP contribution in [0.4, 0.5) is 5.82 Å². The number of hydrogen-bond donors (Lipinski definition) is 2. The smallest absolute Gasteiger partial charge is 0.255 e. The molecule has 0 aliphatic carbocycles. The number of anilines is 1. The monoisotopic (exact) mass is 418 g/mol. The third-order valence-electron chi connectivity index (χ3n) is 5.11. The molecule has 0 spiro atoms. The number of aromatic nitrogens is 6. The lowest BCUT2D eigenvalue weighted by Crippen LogP contribution is -2.25. The van der Waals surface area contributed by atoms with Crippen molar-refractivity contribution in [3.63, 3.8) is 0 Å². The third kappa shape index (κ3) is 3.35. The van der Waals surface area contributed by atoms with Gasteiger partial charge in [0, 0.05) is 17.9 Å². The van der Waals surface area contributed by atoms with Crippen LogP contribution in [-0.4, -0.2) is 48.0 Å². The van der Waals surface area contributed by atoms with E-state index in [2.05, 4.69) is 25.7 Å². The summed E-state index contributed by atoms with van der Waals surface area (Å²) in [6.45, 7) is 1.68. The Labute approximate surface area is 175 Å². The molecule has 4 aromatic rings. The highest BCUT2D eigenvalue weighted by Crippen LogP contribution is 2.40. The van der Waals surface area contributed by atoms with Crippen molar-refractivity contribution in [2.45, 2.75) is 19.3 Å². The number of primary amides is 1. The first-order valence-corrected chi connectivity index (χ1v) is 9.57. The van der Waals surface area contributed by atoms with Crippen LogP contribution in [0.3, 0.4) is 0 Å². The Bertz CT molecular complexity index is 1330. The summed E-state index contributed by atoms with van der Waals surface area (Å²) in [6.07, 6.45) is 1.76. The summed E-state index contributed by atoms with van der Waals surface area (Å²) < 4.78 is 8.59. The first-order valence-electron chi connectivity index (χ1n) is 9.57. The summed E-state index contributed by atoms with van der Waals surface area (Å²) in [6, 6.07) is 10.8. The van der Waals surface area contributed by atoms with Gasteiger partial charge < -0.3 is 15.8 Å². The minimum absolute atomic E-state index is 0.132. The second-order valence-electron chi connectivity index (χ2n) is 7.22. The molecule has 0 saturated carbocycles. The largest absolute Gasteiger partial charge is 0.484 e. The number of nitrogens with one attached hydrogen (secondary N) is 1. The highest BCUT2D eigenvalue weighted by atomic mass is 16.5. The van der Waals surface area contributed by atoms with E-state index in [1.165, 1.54) is 6.33 Å². The van der Waals surface area contributed by atoms with Gasteiger partial charge in [0.25, 0.3) is 5.91 Å². The van der Waals surface area contributed by atoms with Crippen molar-refractivity contribution in [3.8, 4) is 11.6 Å². The number of aryl methyl sites for hydroxylation is 1. The highest BCUT2D eigenvalue weighted by molar-refractivity contribution is 5.95. The number of nitrogens with zero attached hydrogens (tertiary/aromatic N) is 6. The topological polar surface area (TPSA) is 142 Å². The molecular weight excluding hydrogens is 400 g/mol. The summed E-state index contributed by atoms with van der Waals surface area (Å²) in [4.78, 5) is 23.6. The van der Waals surface area contributed by atoms with Crippen molar-refractivity contribution in [1.29, 1.82) is 0 Å². The van der Waals surface area contributed by atoms with Gasteiger partial charge in [-0.1, -0.05) is 12.1 Å². The first kappa shape index (κ1) is 18.7. The number of carbonyl (C=O) groups excluding carboxylic acids is 2. The van der Waals surface area contributed by atoms with E-state index in [-0.39, 0.29) is 24.9 Å². The van der Waals surface area contributed by atoms with Crippen molar-refractivity contribution < 1.29 is 14.3 Å². The van der Waals surface area contributed by atoms with Gasteiger partial charge in [-0.15, -0.1) is 15.3 Å². The van der Waals surface area contributed by atoms with Crippen molar-refractivity contribution in [2.24, 2.45) is 5.73 Å². The fourth-order valence-corrected chi connectivity index (χ4v) is 3.80. The standard InChI is InChI=1S/C20H18N8O3/c1-11-19-14(12-3-2-4-13(7-12)31-9-15(21)29)8-18(30)23-20(19)28(25-11)17-6-5-16-24-22-10-27(16)26-17/h2-7,10,14H,8-9H2,1H3,(H2,21,29)(H,23,30). The Morgan fingerprint density at radius 3 is 3.00 bits per heavy atom. The van der Waals surface area contributed by atoms with Gasteiger partial charge in [-0.3, -0.25) is 9.59 Å². The molecular formula is C20H18N8O3. The number of ether oxygens (including phenoxy) is 1. The van der Waals surface area contributed by atoms with E-state index in [1.54, 1.807) is 27.4 Å². The minimum Gasteiger partial charge on any atom is -0.484 e. The first-order chi connectivity index (χ1) is 15.0. The van der Waals surface area contributed by atoms with Crippen molar-refractivity contribution in [1.82, 2.24) is 29.6 Å². The van der Waals surface area contributed by atoms with Gasteiger partial charge in [-0.05, 0) is 36.8 Å². The Balaban J connectivity index is 1.57. The average Bonchev–Trinajstić information content (AvgIpc) is 3.35. The minimum atomic E-state index is -0.556. The molecule has 0 radical (unpaired) electrons. The van der Waals surface area contributed by atoms with Gasteiger partial charge in [-0.25, -0.2) is 0 Å². The van der Waals surface area contributed by atoms with Crippen LogP contribution in [-0.2, 0) is 9.59 Å². The number of nitrogens with two attached hydrogens (primary N) is 1. The van der Waals surface area contributed by atoms with E-state index in [9.17, 15) is 9.59 Å². The lowest BCUT2D eigenvalue weighted by Gasteiger charge is -2.24. The van der Waals surface area contributed by atoms with Gasteiger partial charge >= 0.3 is 0 Å². The van der Waals surface area contributed by atoms with Gasteiger partial charge in [0.1, 0.15) is 17.9 Å². The van der Waals surface area contributed by atoms with E-state index in [4.69, 9.17) is 10.5 Å². The lowest BCUT2D eigenvalue weighted by molar-refractivity contribution is -0.120. The van der Waals surface area contributed by atoms with Crippen molar-refractivity contribution in [2.75, 3.05) is 11.9 Å². The molecule has 31 heavy (non-hydrogen) atoms. The van der Waals surface area contributed by atoms with Gasteiger partial charge in [-0.2, -0.15) is 14.3 Å². The molecule has 0 fully saturated rings. The van der Waals surface area contributed by atoms with Crippen LogP contribution in [0.2, 0.25) is 0 Å². The molecule has 1 aliphatic heterocycles. The third-order valence-corrected chi connectivity index (χ3v) is 5.11. The number of hydrogen-bond acceptors (Lipinski definition) is 7. The second-order valence-corrected chi connectivity index (χ2v) is 7.22. The van der Waals surface area contributed by atoms with E-state index in [0.717, 1.165) is 16.8 Å². The lowest BCUT2D eigenvalue weighted by atomic mass is 9.86. The molecule has 156 valence electrons. The van der Waals surface area contributed by atoms with Crippen LogP contribution in [0, 0.1) is 6.92 Å². The molecule has 1 aliphatic rings. The SMILES string of the molecule is Cc1nn(-c2ccc3nncn3n2)c2c1C(c1cccc(OCC(N)=O)c1)CC(=O)N2. The second kappa shape index (κ2) is 7.20. The molecule has 4 heterocycles. The zero-order chi connectivity index (χ0) is 21.5. The quantitative estimate of drug-likeness (QED) is 0.491. The Hall–Kier alpha value is -4.28. The molecule has 1 unspecified atom stereocenters. The number of amides is 2. The van der Waals surface area contributed by atoms with Gasteiger partial charge in [0.05, 0.1) is 5.69 Å². The molecule has 1 atom stereocenters. The fourth-order valence-electron chi connectivity index (χ4n) is 3.80. The molecule has 0 saturated heterocycles. The van der Waals surface area contributed by atoms with E-state index >= 15 is 0 Å². The predicted octanol–water partition coefficient (Wildman–Crippen LogP) is 0.957. The Morgan fingerprint density at radius 2 is 2.16 bits per heavy atom. The number of fused-ring (bicyclic) bond motifs is 2. The molecule has 11 heteroatoms. The molecule has 0 bridgehead atoms. The maximum absolute atomic E-state index is 12.6. The van der Waals surface area contributed by atoms with E-state index in [0.29, 0.717) is 23.0 Å². The van der Waals surface area contributed by atoms with E-state index in [1.807, 2.05) is 25.1 Å². The van der Waals surface area contributed by atoms with Crippen molar-refractivity contribution in [3.05, 3.63) is 59.5 Å². The molecule has 3 aromatic heterocycles.